The molecule has 0 unspecified atom stereocenters. The molecule has 2 rings (SSSR count). The Bertz CT molecular complexity index is 373. The van der Waals surface area contributed by atoms with Crippen molar-refractivity contribution in [2.75, 3.05) is 6.54 Å². The summed E-state index contributed by atoms with van der Waals surface area (Å²) in [6.07, 6.45) is 7.20. The molecule has 102 valence electrons. The molecule has 0 spiro atoms. The van der Waals surface area contributed by atoms with Gasteiger partial charge in [-0.2, -0.15) is 0 Å². The van der Waals surface area contributed by atoms with Crippen LogP contribution >= 0.6 is 0 Å². The number of nitrogens with one attached hydrogen (secondary N) is 1. The molecule has 1 N–H and O–H groups in total. The first-order valence-electron chi connectivity index (χ1n) is 7.58. The van der Waals surface area contributed by atoms with E-state index < -0.39 is 0 Å². The molecule has 1 heterocycles. The lowest BCUT2D eigenvalue weighted by atomic mass is 9.89. The maximum absolute atomic E-state index is 3.66. The molecule has 1 aromatic heterocycles. The van der Waals surface area contributed by atoms with E-state index in [9.17, 15) is 0 Å². The van der Waals surface area contributed by atoms with Crippen molar-refractivity contribution in [3.8, 4) is 0 Å². The molecule has 0 radical (unpaired) electrons. The lowest BCUT2D eigenvalue weighted by molar-refractivity contribution is 0.342. The summed E-state index contributed by atoms with van der Waals surface area (Å²) in [7, 11) is 0. The van der Waals surface area contributed by atoms with Gasteiger partial charge in [-0.1, -0.05) is 19.3 Å². The predicted octanol–water partition coefficient (Wildman–Crippen LogP) is 3.79. The highest BCUT2D eigenvalue weighted by atomic mass is 15.0. The Labute approximate surface area is 112 Å². The number of aromatic nitrogens is 1. The van der Waals surface area contributed by atoms with Crippen LogP contribution in [0.2, 0.25) is 0 Å². The van der Waals surface area contributed by atoms with Crippen LogP contribution in [0.3, 0.4) is 0 Å². The number of hydrogen-bond acceptors (Lipinski definition) is 1. The van der Waals surface area contributed by atoms with E-state index in [1.807, 2.05) is 0 Å². The van der Waals surface area contributed by atoms with Gasteiger partial charge in [-0.25, -0.2) is 0 Å². The third kappa shape index (κ3) is 3.17. The Morgan fingerprint density at radius 3 is 2.56 bits per heavy atom. The highest BCUT2D eigenvalue weighted by molar-refractivity contribution is 5.26. The van der Waals surface area contributed by atoms with Crippen LogP contribution in [0.25, 0.3) is 0 Å². The van der Waals surface area contributed by atoms with Crippen LogP contribution in [-0.4, -0.2) is 11.1 Å². The molecule has 0 atom stereocenters. The Morgan fingerprint density at radius 2 is 1.94 bits per heavy atom. The van der Waals surface area contributed by atoms with Gasteiger partial charge < -0.3 is 9.88 Å². The zero-order valence-corrected chi connectivity index (χ0v) is 12.3. The van der Waals surface area contributed by atoms with Crippen LogP contribution in [0, 0.1) is 19.8 Å². The van der Waals surface area contributed by atoms with Crippen molar-refractivity contribution >= 4 is 0 Å². The van der Waals surface area contributed by atoms with Crippen molar-refractivity contribution in [1.82, 2.24) is 9.88 Å². The summed E-state index contributed by atoms with van der Waals surface area (Å²) in [6, 6.07) is 2.34. The fourth-order valence-electron chi connectivity index (χ4n) is 3.34. The van der Waals surface area contributed by atoms with Crippen molar-refractivity contribution in [1.29, 1.82) is 0 Å². The summed E-state index contributed by atoms with van der Waals surface area (Å²) < 4.78 is 2.40. The Morgan fingerprint density at radius 1 is 1.22 bits per heavy atom. The van der Waals surface area contributed by atoms with Crippen molar-refractivity contribution in [2.45, 2.75) is 66.0 Å². The van der Waals surface area contributed by atoms with E-state index in [4.69, 9.17) is 0 Å². The van der Waals surface area contributed by atoms with Gasteiger partial charge in [0, 0.05) is 24.5 Å². The van der Waals surface area contributed by atoms with Crippen LogP contribution in [0.4, 0.5) is 0 Å². The van der Waals surface area contributed by atoms with Crippen LogP contribution in [-0.2, 0) is 13.1 Å². The molecular weight excluding hydrogens is 220 g/mol. The van der Waals surface area contributed by atoms with Crippen LogP contribution in [0.15, 0.2) is 6.07 Å². The molecule has 1 aliphatic rings. The summed E-state index contributed by atoms with van der Waals surface area (Å²) in [5.41, 5.74) is 4.31. The molecule has 1 aromatic rings. The monoisotopic (exact) mass is 248 g/mol. The summed E-state index contributed by atoms with van der Waals surface area (Å²) in [5, 5.41) is 3.66. The SMILES string of the molecule is CCn1c(C)cc(CNCC2CCCCC2)c1C. The average Bonchev–Trinajstić information content (AvgIpc) is 2.65. The van der Waals surface area contributed by atoms with Crippen LogP contribution in [0.1, 0.15) is 56.0 Å². The van der Waals surface area contributed by atoms with Crippen molar-refractivity contribution < 1.29 is 0 Å². The first-order valence-corrected chi connectivity index (χ1v) is 7.58. The van der Waals surface area contributed by atoms with Crippen molar-refractivity contribution in [3.05, 3.63) is 23.0 Å². The minimum Gasteiger partial charge on any atom is -0.349 e. The summed E-state index contributed by atoms with van der Waals surface area (Å²) in [4.78, 5) is 0. The average molecular weight is 248 g/mol. The Balaban J connectivity index is 1.82. The molecule has 0 saturated heterocycles. The first kappa shape index (κ1) is 13.7. The van der Waals surface area contributed by atoms with Gasteiger partial charge in [0.1, 0.15) is 0 Å². The van der Waals surface area contributed by atoms with Gasteiger partial charge in [0.15, 0.2) is 0 Å². The summed E-state index contributed by atoms with van der Waals surface area (Å²) >= 11 is 0. The molecule has 2 heteroatoms. The zero-order valence-electron chi connectivity index (χ0n) is 12.3. The number of aryl methyl sites for hydroxylation is 1. The molecule has 18 heavy (non-hydrogen) atoms. The van der Waals surface area contributed by atoms with Crippen molar-refractivity contribution in [2.24, 2.45) is 5.92 Å². The summed E-state index contributed by atoms with van der Waals surface area (Å²) in [6.45, 7) is 10.0. The normalized spacial score (nSPS) is 17.3. The maximum Gasteiger partial charge on any atom is 0.0223 e. The second kappa shape index (κ2) is 6.42. The van der Waals surface area contributed by atoms with Gasteiger partial charge in [-0.15, -0.1) is 0 Å². The van der Waals surface area contributed by atoms with E-state index in [1.165, 1.54) is 55.6 Å². The highest BCUT2D eigenvalue weighted by Crippen LogP contribution is 2.23. The third-order valence-corrected chi connectivity index (χ3v) is 4.47. The number of rotatable bonds is 5. The molecule has 2 nitrogen and oxygen atoms in total. The molecule has 0 amide bonds. The minimum absolute atomic E-state index is 0.924. The van der Waals surface area contributed by atoms with Gasteiger partial charge >= 0.3 is 0 Å². The van der Waals surface area contributed by atoms with Gasteiger partial charge in [-0.05, 0) is 57.7 Å². The number of nitrogens with zero attached hydrogens (tertiary/aromatic N) is 1. The molecular formula is C16H28N2. The molecule has 1 saturated carbocycles. The summed E-state index contributed by atoms with van der Waals surface area (Å²) in [5.74, 6) is 0.924. The third-order valence-electron chi connectivity index (χ3n) is 4.47. The number of hydrogen-bond donors (Lipinski definition) is 1. The van der Waals surface area contributed by atoms with Crippen molar-refractivity contribution in [3.63, 3.8) is 0 Å². The van der Waals surface area contributed by atoms with E-state index >= 15 is 0 Å². The second-order valence-corrected chi connectivity index (χ2v) is 5.78. The largest absolute Gasteiger partial charge is 0.349 e. The molecule has 0 aromatic carbocycles. The minimum atomic E-state index is 0.924. The van der Waals surface area contributed by atoms with E-state index in [-0.39, 0.29) is 0 Å². The van der Waals surface area contributed by atoms with E-state index in [1.54, 1.807) is 0 Å². The van der Waals surface area contributed by atoms with Gasteiger partial charge in [-0.3, -0.25) is 0 Å². The molecule has 1 fully saturated rings. The van der Waals surface area contributed by atoms with E-state index in [0.29, 0.717) is 0 Å². The standard InChI is InChI=1S/C16H28N2/c1-4-18-13(2)10-16(14(18)3)12-17-11-15-8-6-5-7-9-15/h10,15,17H,4-9,11-12H2,1-3H3. The molecule has 1 aliphatic carbocycles. The maximum atomic E-state index is 3.66. The lowest BCUT2D eigenvalue weighted by Gasteiger charge is -2.21. The fourth-order valence-corrected chi connectivity index (χ4v) is 3.34. The Kier molecular flexibility index (Phi) is 4.87. The predicted molar refractivity (Wildman–Crippen MR) is 77.9 cm³/mol. The first-order chi connectivity index (χ1) is 8.72. The quantitative estimate of drug-likeness (QED) is 0.839. The zero-order chi connectivity index (χ0) is 13.0. The Hall–Kier alpha value is -0.760. The van der Waals surface area contributed by atoms with Gasteiger partial charge in [0.25, 0.3) is 0 Å². The highest BCUT2D eigenvalue weighted by Gasteiger charge is 2.13. The van der Waals surface area contributed by atoms with Crippen LogP contribution in [0.5, 0.6) is 0 Å². The molecule has 0 bridgehead atoms. The topological polar surface area (TPSA) is 17.0 Å². The fraction of sp³-hybridized carbons (Fsp3) is 0.750. The second-order valence-electron chi connectivity index (χ2n) is 5.78. The van der Waals surface area contributed by atoms with Crippen LogP contribution < -0.4 is 5.32 Å². The van der Waals surface area contributed by atoms with E-state index in [0.717, 1.165) is 19.0 Å². The molecule has 0 aliphatic heterocycles. The smallest absolute Gasteiger partial charge is 0.0223 e. The lowest BCUT2D eigenvalue weighted by Crippen LogP contribution is -2.24. The van der Waals surface area contributed by atoms with E-state index in [2.05, 4.69) is 36.7 Å². The van der Waals surface area contributed by atoms with Gasteiger partial charge in [0.2, 0.25) is 0 Å². The van der Waals surface area contributed by atoms with Gasteiger partial charge in [0.05, 0.1) is 0 Å².